The Kier molecular flexibility index (Phi) is 5.91. The van der Waals surface area contributed by atoms with Gasteiger partial charge in [-0.25, -0.2) is 0 Å². The summed E-state index contributed by atoms with van der Waals surface area (Å²) in [6.07, 6.45) is 0. The third kappa shape index (κ3) is 5.45. The van der Waals surface area contributed by atoms with E-state index in [1.54, 1.807) is 24.1 Å². The van der Waals surface area contributed by atoms with Crippen LogP contribution in [0.1, 0.15) is 5.56 Å². The van der Waals surface area contributed by atoms with Gasteiger partial charge in [0.05, 0.1) is 18.1 Å². The molecule has 0 fully saturated rings. The number of nitro groups is 1. The number of hydrogen-bond acceptors (Lipinski definition) is 5. The molecular formula is C12H16N2O5. The number of nitrogens with zero attached hydrogens (tertiary/aromatic N) is 2. The lowest BCUT2D eigenvalue weighted by Gasteiger charge is -2.19. The lowest BCUT2D eigenvalue weighted by atomic mass is 10.2. The second kappa shape index (κ2) is 7.45. The molecule has 104 valence electrons. The predicted molar refractivity (Wildman–Crippen MR) is 67.9 cm³/mol. The topological polar surface area (TPSA) is 92.9 Å². The van der Waals surface area contributed by atoms with Crippen LogP contribution in [0.15, 0.2) is 24.3 Å². The number of rotatable bonds is 8. The average Bonchev–Trinajstić information content (AvgIpc) is 2.36. The zero-order valence-electron chi connectivity index (χ0n) is 10.6. The fourth-order valence-corrected chi connectivity index (χ4v) is 1.61. The number of carbonyl (C=O) groups is 1. The Morgan fingerprint density at radius 1 is 1.42 bits per heavy atom. The van der Waals surface area contributed by atoms with Gasteiger partial charge in [-0.15, -0.1) is 0 Å². The van der Waals surface area contributed by atoms with Crippen molar-refractivity contribution in [2.75, 3.05) is 26.8 Å². The van der Waals surface area contributed by atoms with Crippen molar-refractivity contribution < 1.29 is 19.6 Å². The highest BCUT2D eigenvalue weighted by molar-refractivity contribution is 5.69. The van der Waals surface area contributed by atoms with Crippen molar-refractivity contribution in [2.45, 2.75) is 6.54 Å². The highest BCUT2D eigenvalue weighted by Crippen LogP contribution is 2.13. The number of nitro benzene ring substituents is 1. The second-order valence-corrected chi connectivity index (χ2v) is 4.02. The fourth-order valence-electron chi connectivity index (χ4n) is 1.61. The SMILES string of the molecule is COCCN(CC(=O)O)Cc1ccc([N+](=O)[O-])cc1. The molecule has 0 radical (unpaired) electrons. The first-order valence-electron chi connectivity index (χ1n) is 5.69. The van der Waals surface area contributed by atoms with Crippen LogP contribution in [0.4, 0.5) is 5.69 Å². The van der Waals surface area contributed by atoms with Crippen molar-refractivity contribution in [1.29, 1.82) is 0 Å². The summed E-state index contributed by atoms with van der Waals surface area (Å²) in [4.78, 5) is 22.5. The molecule has 0 atom stereocenters. The summed E-state index contributed by atoms with van der Waals surface area (Å²) < 4.78 is 4.92. The zero-order chi connectivity index (χ0) is 14.3. The van der Waals surface area contributed by atoms with Crippen molar-refractivity contribution in [3.63, 3.8) is 0 Å². The summed E-state index contributed by atoms with van der Waals surface area (Å²) in [5.74, 6) is -0.919. The van der Waals surface area contributed by atoms with Gasteiger partial charge in [-0.1, -0.05) is 12.1 Å². The summed E-state index contributed by atoms with van der Waals surface area (Å²) >= 11 is 0. The Balaban J connectivity index is 2.66. The molecule has 0 aliphatic carbocycles. The number of carboxylic acids is 1. The van der Waals surface area contributed by atoms with E-state index in [0.29, 0.717) is 19.7 Å². The molecular weight excluding hydrogens is 252 g/mol. The van der Waals surface area contributed by atoms with Crippen molar-refractivity contribution in [3.8, 4) is 0 Å². The summed E-state index contributed by atoms with van der Waals surface area (Å²) in [6.45, 7) is 1.23. The lowest BCUT2D eigenvalue weighted by molar-refractivity contribution is -0.384. The van der Waals surface area contributed by atoms with Crippen LogP contribution >= 0.6 is 0 Å². The molecule has 7 nitrogen and oxygen atoms in total. The normalized spacial score (nSPS) is 10.6. The highest BCUT2D eigenvalue weighted by Gasteiger charge is 2.11. The van der Waals surface area contributed by atoms with Gasteiger partial charge >= 0.3 is 5.97 Å². The number of non-ortho nitro benzene ring substituents is 1. The smallest absolute Gasteiger partial charge is 0.317 e. The van der Waals surface area contributed by atoms with Crippen LogP contribution in [0.25, 0.3) is 0 Å². The maximum absolute atomic E-state index is 10.7. The van der Waals surface area contributed by atoms with Crippen LogP contribution in [0.3, 0.4) is 0 Å². The standard InChI is InChI=1S/C12H16N2O5/c1-19-7-6-13(9-12(15)16)8-10-2-4-11(5-3-10)14(17)18/h2-5H,6-9H2,1H3,(H,15,16). The van der Waals surface area contributed by atoms with Gasteiger partial charge in [0.25, 0.3) is 5.69 Å². The van der Waals surface area contributed by atoms with Crippen LogP contribution in [0, 0.1) is 10.1 Å². The van der Waals surface area contributed by atoms with Gasteiger partial charge in [0.15, 0.2) is 0 Å². The van der Waals surface area contributed by atoms with E-state index in [0.717, 1.165) is 5.56 Å². The van der Waals surface area contributed by atoms with Gasteiger partial charge in [-0.2, -0.15) is 0 Å². The fraction of sp³-hybridized carbons (Fsp3) is 0.417. The van der Waals surface area contributed by atoms with E-state index in [-0.39, 0.29) is 12.2 Å². The summed E-state index contributed by atoms with van der Waals surface area (Å²) in [5.41, 5.74) is 0.841. The van der Waals surface area contributed by atoms with Crippen LogP contribution in [0.2, 0.25) is 0 Å². The summed E-state index contributed by atoms with van der Waals surface area (Å²) in [7, 11) is 1.55. The molecule has 1 aromatic rings. The minimum atomic E-state index is -0.919. The molecule has 1 rings (SSSR count). The predicted octanol–water partition coefficient (Wildman–Crippen LogP) is 1.13. The molecule has 0 amide bonds. The molecule has 0 saturated heterocycles. The quantitative estimate of drug-likeness (QED) is 0.561. The first kappa shape index (κ1) is 15.1. The monoisotopic (exact) mass is 268 g/mol. The molecule has 7 heteroatoms. The van der Waals surface area contributed by atoms with E-state index in [1.807, 2.05) is 0 Å². The molecule has 0 bridgehead atoms. The molecule has 1 aromatic carbocycles. The Bertz CT molecular complexity index is 432. The average molecular weight is 268 g/mol. The van der Waals surface area contributed by atoms with E-state index in [1.165, 1.54) is 12.1 Å². The Morgan fingerprint density at radius 2 is 2.05 bits per heavy atom. The largest absolute Gasteiger partial charge is 0.480 e. The number of ether oxygens (including phenoxy) is 1. The van der Waals surface area contributed by atoms with Crippen molar-refractivity contribution in [3.05, 3.63) is 39.9 Å². The molecule has 0 heterocycles. The first-order valence-corrected chi connectivity index (χ1v) is 5.69. The van der Waals surface area contributed by atoms with Gasteiger partial charge in [0.2, 0.25) is 0 Å². The maximum atomic E-state index is 10.7. The number of hydrogen-bond donors (Lipinski definition) is 1. The zero-order valence-corrected chi connectivity index (χ0v) is 10.6. The Labute approximate surface area is 110 Å². The van der Waals surface area contributed by atoms with Crippen LogP contribution in [-0.2, 0) is 16.1 Å². The number of carboxylic acid groups (broad SMARTS) is 1. The van der Waals surface area contributed by atoms with Crippen LogP contribution < -0.4 is 0 Å². The summed E-state index contributed by atoms with van der Waals surface area (Å²) in [5, 5.41) is 19.3. The lowest BCUT2D eigenvalue weighted by Crippen LogP contribution is -2.32. The Hall–Kier alpha value is -1.99. The molecule has 0 spiro atoms. The van der Waals surface area contributed by atoms with Gasteiger partial charge in [0.1, 0.15) is 0 Å². The third-order valence-electron chi connectivity index (χ3n) is 2.52. The van der Waals surface area contributed by atoms with E-state index in [9.17, 15) is 14.9 Å². The molecule has 0 saturated carbocycles. The second-order valence-electron chi connectivity index (χ2n) is 4.02. The van der Waals surface area contributed by atoms with Crippen LogP contribution in [-0.4, -0.2) is 47.7 Å². The van der Waals surface area contributed by atoms with Gasteiger partial charge < -0.3 is 9.84 Å². The maximum Gasteiger partial charge on any atom is 0.317 e. The van der Waals surface area contributed by atoms with Crippen molar-refractivity contribution in [1.82, 2.24) is 4.90 Å². The van der Waals surface area contributed by atoms with Gasteiger partial charge in [0, 0.05) is 32.3 Å². The van der Waals surface area contributed by atoms with E-state index in [4.69, 9.17) is 9.84 Å². The molecule has 1 N–H and O–H groups in total. The summed E-state index contributed by atoms with van der Waals surface area (Å²) in [6, 6.07) is 6.06. The van der Waals surface area contributed by atoms with Gasteiger partial charge in [-0.3, -0.25) is 19.8 Å². The van der Waals surface area contributed by atoms with E-state index in [2.05, 4.69) is 0 Å². The van der Waals surface area contributed by atoms with E-state index < -0.39 is 10.9 Å². The Morgan fingerprint density at radius 3 is 2.53 bits per heavy atom. The van der Waals surface area contributed by atoms with Crippen LogP contribution in [0.5, 0.6) is 0 Å². The minimum Gasteiger partial charge on any atom is -0.480 e. The first-order chi connectivity index (χ1) is 9.02. The minimum absolute atomic E-state index is 0.0189. The number of methoxy groups -OCH3 is 1. The third-order valence-corrected chi connectivity index (χ3v) is 2.52. The molecule has 0 aromatic heterocycles. The van der Waals surface area contributed by atoms with Crippen molar-refractivity contribution >= 4 is 11.7 Å². The van der Waals surface area contributed by atoms with Gasteiger partial charge in [-0.05, 0) is 5.56 Å². The molecule has 0 aliphatic heterocycles. The molecule has 0 unspecified atom stereocenters. The number of benzene rings is 1. The number of aliphatic carboxylic acids is 1. The highest BCUT2D eigenvalue weighted by atomic mass is 16.6. The van der Waals surface area contributed by atoms with E-state index >= 15 is 0 Å². The van der Waals surface area contributed by atoms with Crippen molar-refractivity contribution in [2.24, 2.45) is 0 Å². The molecule has 0 aliphatic rings. The molecule has 19 heavy (non-hydrogen) atoms.